The number of rotatable bonds is 4. The van der Waals surface area contributed by atoms with Crippen molar-refractivity contribution in [2.45, 2.75) is 20.3 Å². The minimum Gasteiger partial charge on any atom is -0.373 e. The monoisotopic (exact) mass is 354 g/mol. The van der Waals surface area contributed by atoms with Crippen molar-refractivity contribution in [1.82, 2.24) is 9.97 Å². The molecule has 0 saturated carbocycles. The summed E-state index contributed by atoms with van der Waals surface area (Å²) >= 11 is 9.64. The molecule has 0 bridgehead atoms. The van der Waals surface area contributed by atoms with Crippen molar-refractivity contribution < 1.29 is 0 Å². The molecule has 0 atom stereocenters. The Hall–Kier alpha value is -1.33. The highest BCUT2D eigenvalue weighted by molar-refractivity contribution is 9.10. The molecular weight excluding hydrogens is 340 g/mol. The zero-order valence-corrected chi connectivity index (χ0v) is 13.9. The first-order valence-corrected chi connectivity index (χ1v) is 7.49. The third-order valence-electron chi connectivity index (χ3n) is 2.93. The molecule has 2 rings (SSSR count). The molecule has 0 aliphatic rings. The predicted octanol–water partition coefficient (Wildman–Crippen LogP) is 4.55. The highest BCUT2D eigenvalue weighted by Gasteiger charge is 2.11. The number of hydrogen-bond donors (Lipinski definition) is 2. The van der Waals surface area contributed by atoms with Crippen molar-refractivity contribution in [3.8, 4) is 0 Å². The third kappa shape index (κ3) is 3.22. The summed E-state index contributed by atoms with van der Waals surface area (Å²) in [7, 11) is 1.85. The molecule has 20 heavy (non-hydrogen) atoms. The molecule has 0 spiro atoms. The fourth-order valence-electron chi connectivity index (χ4n) is 1.81. The Morgan fingerprint density at radius 2 is 1.95 bits per heavy atom. The minimum atomic E-state index is 0.648. The van der Waals surface area contributed by atoms with Crippen LogP contribution in [0, 0.1) is 6.92 Å². The van der Waals surface area contributed by atoms with Crippen LogP contribution in [0.3, 0.4) is 0 Å². The molecule has 2 aromatic rings. The largest absolute Gasteiger partial charge is 0.373 e. The molecule has 0 aliphatic heterocycles. The maximum Gasteiger partial charge on any atom is 0.139 e. The Kier molecular flexibility index (Phi) is 4.83. The lowest BCUT2D eigenvalue weighted by Crippen LogP contribution is -2.07. The molecule has 0 radical (unpaired) electrons. The van der Waals surface area contributed by atoms with Gasteiger partial charge in [-0.15, -0.1) is 0 Å². The summed E-state index contributed by atoms with van der Waals surface area (Å²) in [6.07, 6.45) is 0.774. The average Bonchev–Trinajstić information content (AvgIpc) is 2.45. The molecule has 1 aromatic heterocycles. The van der Waals surface area contributed by atoms with Gasteiger partial charge in [0.1, 0.15) is 17.5 Å². The zero-order valence-electron chi connectivity index (χ0n) is 11.6. The molecule has 0 saturated heterocycles. The van der Waals surface area contributed by atoms with Crippen LogP contribution >= 0.6 is 27.5 Å². The van der Waals surface area contributed by atoms with Crippen molar-refractivity contribution in [2.75, 3.05) is 17.7 Å². The Morgan fingerprint density at radius 1 is 1.25 bits per heavy atom. The first kappa shape index (κ1) is 15.1. The predicted molar refractivity (Wildman–Crippen MR) is 88.1 cm³/mol. The van der Waals surface area contributed by atoms with E-state index in [9.17, 15) is 0 Å². The number of hydrogen-bond acceptors (Lipinski definition) is 4. The van der Waals surface area contributed by atoms with Gasteiger partial charge in [0.15, 0.2) is 0 Å². The normalized spacial score (nSPS) is 10.4. The number of aromatic nitrogens is 2. The van der Waals surface area contributed by atoms with Crippen LogP contribution in [0.5, 0.6) is 0 Å². The van der Waals surface area contributed by atoms with Crippen LogP contribution in [-0.2, 0) is 6.42 Å². The quantitative estimate of drug-likeness (QED) is 0.845. The van der Waals surface area contributed by atoms with E-state index in [0.717, 1.165) is 39.6 Å². The molecule has 106 valence electrons. The number of aryl methyl sites for hydroxylation is 1. The summed E-state index contributed by atoms with van der Waals surface area (Å²) < 4.78 is 0.959. The van der Waals surface area contributed by atoms with E-state index in [1.54, 1.807) is 0 Å². The van der Waals surface area contributed by atoms with E-state index >= 15 is 0 Å². The van der Waals surface area contributed by atoms with E-state index in [-0.39, 0.29) is 0 Å². The highest BCUT2D eigenvalue weighted by atomic mass is 79.9. The van der Waals surface area contributed by atoms with E-state index in [2.05, 4.69) is 36.5 Å². The first-order valence-electron chi connectivity index (χ1n) is 6.32. The second kappa shape index (κ2) is 6.41. The van der Waals surface area contributed by atoms with Crippen LogP contribution < -0.4 is 10.6 Å². The Labute approximate surface area is 132 Å². The molecule has 0 fully saturated rings. The summed E-state index contributed by atoms with van der Waals surface area (Å²) in [6, 6.07) is 5.66. The van der Waals surface area contributed by atoms with Gasteiger partial charge in [0, 0.05) is 23.5 Å². The minimum absolute atomic E-state index is 0.648. The standard InChI is InChI=1S/C14H16BrClN4/c1-4-12-19-13(17-3)8(2)14(20-12)18-11-7-9(15)5-6-10(11)16/h5-7H,4H2,1-3H3,(H2,17,18,19,20). The van der Waals surface area contributed by atoms with Gasteiger partial charge < -0.3 is 10.6 Å². The number of anilines is 3. The second-order valence-electron chi connectivity index (χ2n) is 4.31. The SMILES string of the molecule is CCc1nc(NC)c(C)c(Nc2cc(Br)ccc2Cl)n1. The van der Waals surface area contributed by atoms with Gasteiger partial charge in [-0.25, -0.2) is 9.97 Å². The van der Waals surface area contributed by atoms with Crippen molar-refractivity contribution >= 4 is 44.9 Å². The fraction of sp³-hybridized carbons (Fsp3) is 0.286. The van der Waals surface area contributed by atoms with Gasteiger partial charge in [0.25, 0.3) is 0 Å². The lowest BCUT2D eigenvalue weighted by Gasteiger charge is -2.14. The first-order chi connectivity index (χ1) is 9.55. The zero-order chi connectivity index (χ0) is 14.7. The molecular formula is C14H16BrClN4. The van der Waals surface area contributed by atoms with Gasteiger partial charge in [-0.2, -0.15) is 0 Å². The van der Waals surface area contributed by atoms with Crippen LogP contribution in [0.2, 0.25) is 5.02 Å². The van der Waals surface area contributed by atoms with Crippen LogP contribution in [0.25, 0.3) is 0 Å². The van der Waals surface area contributed by atoms with Crippen LogP contribution in [0.15, 0.2) is 22.7 Å². The van der Waals surface area contributed by atoms with Gasteiger partial charge in [-0.3, -0.25) is 0 Å². The van der Waals surface area contributed by atoms with Gasteiger partial charge in [0.2, 0.25) is 0 Å². The van der Waals surface area contributed by atoms with Gasteiger partial charge in [-0.1, -0.05) is 34.5 Å². The van der Waals surface area contributed by atoms with E-state index in [4.69, 9.17) is 11.6 Å². The number of halogens is 2. The summed E-state index contributed by atoms with van der Waals surface area (Å²) in [5.41, 5.74) is 1.77. The van der Waals surface area contributed by atoms with E-state index in [1.165, 1.54) is 0 Å². The summed E-state index contributed by atoms with van der Waals surface area (Å²) in [5, 5.41) is 7.01. The molecule has 0 aliphatic carbocycles. The van der Waals surface area contributed by atoms with Gasteiger partial charge in [-0.05, 0) is 25.1 Å². The molecule has 1 heterocycles. The van der Waals surface area contributed by atoms with Crippen molar-refractivity contribution in [3.63, 3.8) is 0 Å². The summed E-state index contributed by atoms with van der Waals surface area (Å²) in [6.45, 7) is 4.00. The molecule has 0 amide bonds. The molecule has 2 N–H and O–H groups in total. The van der Waals surface area contributed by atoms with Gasteiger partial charge >= 0.3 is 0 Å². The Balaban J connectivity index is 2.44. The fourth-order valence-corrected chi connectivity index (χ4v) is 2.33. The van der Waals surface area contributed by atoms with Crippen molar-refractivity contribution in [1.29, 1.82) is 0 Å². The Morgan fingerprint density at radius 3 is 2.60 bits per heavy atom. The number of nitrogens with one attached hydrogen (secondary N) is 2. The lowest BCUT2D eigenvalue weighted by molar-refractivity contribution is 0.935. The lowest BCUT2D eigenvalue weighted by atomic mass is 10.2. The summed E-state index contributed by atoms with van der Waals surface area (Å²) in [4.78, 5) is 8.98. The van der Waals surface area contributed by atoms with Crippen LogP contribution in [-0.4, -0.2) is 17.0 Å². The van der Waals surface area contributed by atoms with E-state index in [0.29, 0.717) is 5.02 Å². The summed E-state index contributed by atoms with van der Waals surface area (Å²) in [5.74, 6) is 2.38. The molecule has 0 unspecified atom stereocenters. The topological polar surface area (TPSA) is 49.8 Å². The maximum absolute atomic E-state index is 6.20. The van der Waals surface area contributed by atoms with Crippen LogP contribution in [0.4, 0.5) is 17.3 Å². The van der Waals surface area contributed by atoms with E-state index < -0.39 is 0 Å². The van der Waals surface area contributed by atoms with Crippen molar-refractivity contribution in [3.05, 3.63) is 39.1 Å². The van der Waals surface area contributed by atoms with Crippen LogP contribution in [0.1, 0.15) is 18.3 Å². The Bertz CT molecular complexity index is 631. The maximum atomic E-state index is 6.20. The third-order valence-corrected chi connectivity index (χ3v) is 3.75. The number of benzene rings is 1. The average molecular weight is 356 g/mol. The highest BCUT2D eigenvalue weighted by Crippen LogP contribution is 2.30. The number of nitrogens with zero attached hydrogens (tertiary/aromatic N) is 2. The van der Waals surface area contributed by atoms with Gasteiger partial charge in [0.05, 0.1) is 10.7 Å². The molecule has 1 aromatic carbocycles. The smallest absolute Gasteiger partial charge is 0.139 e. The second-order valence-corrected chi connectivity index (χ2v) is 5.64. The molecule has 6 heteroatoms. The van der Waals surface area contributed by atoms with Crippen molar-refractivity contribution in [2.24, 2.45) is 0 Å². The molecule has 4 nitrogen and oxygen atoms in total. The van der Waals surface area contributed by atoms with E-state index in [1.807, 2.05) is 39.1 Å².